The average Bonchev–Trinajstić information content (AvgIpc) is 3.24. The number of amides is 1. The molecule has 4 heterocycles. The van der Waals surface area contributed by atoms with Crippen molar-refractivity contribution >= 4 is 22.6 Å². The zero-order chi connectivity index (χ0) is 25.0. The highest BCUT2D eigenvalue weighted by Gasteiger charge is 2.36. The molecule has 13 heteroatoms. The smallest absolute Gasteiger partial charge is 0.379 e. The van der Waals surface area contributed by atoms with E-state index in [1.165, 1.54) is 17.0 Å². The van der Waals surface area contributed by atoms with Crippen LogP contribution in [-0.2, 0) is 22.3 Å². The van der Waals surface area contributed by atoms with Crippen LogP contribution in [0, 0.1) is 11.3 Å². The summed E-state index contributed by atoms with van der Waals surface area (Å²) in [5.74, 6) is 0.682. The number of alkyl halides is 3. The van der Waals surface area contributed by atoms with E-state index in [4.69, 9.17) is 10.00 Å². The summed E-state index contributed by atoms with van der Waals surface area (Å²) in [5.41, 5.74) is -1.38. The topological polar surface area (TPSA) is 120 Å². The van der Waals surface area contributed by atoms with Gasteiger partial charge in [0.2, 0.25) is 5.91 Å². The lowest BCUT2D eigenvalue weighted by atomic mass is 10.2. The fourth-order valence-corrected chi connectivity index (χ4v) is 3.96. The van der Waals surface area contributed by atoms with Gasteiger partial charge in [-0.2, -0.15) is 23.5 Å². The fourth-order valence-electron chi connectivity index (χ4n) is 3.96. The molecule has 0 aliphatic carbocycles. The van der Waals surface area contributed by atoms with Crippen LogP contribution in [-0.4, -0.2) is 69.9 Å². The number of carbonyl (C=O) groups excluding carboxylic acids is 1. The Morgan fingerprint density at radius 1 is 1.17 bits per heavy atom. The molecule has 0 spiro atoms. The summed E-state index contributed by atoms with van der Waals surface area (Å²) in [5, 5.41) is 14.0. The predicted molar refractivity (Wildman–Crippen MR) is 119 cm³/mol. The van der Waals surface area contributed by atoms with Crippen molar-refractivity contribution in [3.8, 4) is 6.07 Å². The Morgan fingerprint density at radius 3 is 2.60 bits per heavy atom. The van der Waals surface area contributed by atoms with Gasteiger partial charge in [-0.3, -0.25) is 9.59 Å². The standard InChI is InChI=1S/C22H22F3N7O3/c23-22(24,25)16-14-32(17-13-28-29-21(34)20(16)17)8-10-35-9-3-19(33)31-6-4-30(5-7-31)18-2-1-15(11-26)12-27-18/h1-2,12-14H,3-10H2,(H,29,34). The van der Waals surface area contributed by atoms with Crippen molar-refractivity contribution in [2.75, 3.05) is 44.3 Å². The van der Waals surface area contributed by atoms with Gasteiger partial charge in [0, 0.05) is 45.1 Å². The molecule has 1 fully saturated rings. The number of hydrogen-bond donors (Lipinski definition) is 1. The number of nitrogens with zero attached hydrogens (tertiary/aromatic N) is 6. The van der Waals surface area contributed by atoms with E-state index in [1.54, 1.807) is 17.0 Å². The number of anilines is 1. The first kappa shape index (κ1) is 24.2. The maximum absolute atomic E-state index is 13.3. The second kappa shape index (κ2) is 10.1. The maximum Gasteiger partial charge on any atom is 0.418 e. The summed E-state index contributed by atoms with van der Waals surface area (Å²) < 4.78 is 46.6. The van der Waals surface area contributed by atoms with E-state index in [2.05, 4.69) is 10.1 Å². The maximum atomic E-state index is 13.3. The largest absolute Gasteiger partial charge is 0.418 e. The van der Waals surface area contributed by atoms with Gasteiger partial charge in [0.25, 0.3) is 5.56 Å². The summed E-state index contributed by atoms with van der Waals surface area (Å²) >= 11 is 0. The molecule has 3 aromatic rings. The molecule has 0 radical (unpaired) electrons. The Hall–Kier alpha value is -3.92. The highest BCUT2D eigenvalue weighted by Crippen LogP contribution is 2.34. The zero-order valence-corrected chi connectivity index (χ0v) is 18.6. The molecule has 3 aromatic heterocycles. The number of piperazine rings is 1. The predicted octanol–water partition coefficient (Wildman–Crippen LogP) is 1.77. The number of ether oxygens (including phenoxy) is 1. The monoisotopic (exact) mass is 489 g/mol. The SMILES string of the molecule is N#Cc1ccc(N2CCN(C(=O)CCOCCn3cc(C(F)(F)F)c4c(=O)[nH]ncc43)CC2)nc1. The van der Waals surface area contributed by atoms with Crippen LogP contribution < -0.4 is 10.5 Å². The van der Waals surface area contributed by atoms with Crippen molar-refractivity contribution in [3.63, 3.8) is 0 Å². The minimum absolute atomic E-state index is 0.0652. The van der Waals surface area contributed by atoms with Crippen LogP contribution in [0.1, 0.15) is 17.5 Å². The van der Waals surface area contributed by atoms with Crippen molar-refractivity contribution in [2.45, 2.75) is 19.1 Å². The molecule has 1 aliphatic rings. The second-order valence-corrected chi connectivity index (χ2v) is 7.94. The molecule has 0 atom stereocenters. The van der Waals surface area contributed by atoms with Crippen LogP contribution in [0.3, 0.4) is 0 Å². The van der Waals surface area contributed by atoms with E-state index in [9.17, 15) is 22.8 Å². The number of pyridine rings is 1. The minimum Gasteiger partial charge on any atom is -0.379 e. The van der Waals surface area contributed by atoms with E-state index >= 15 is 0 Å². The summed E-state index contributed by atoms with van der Waals surface area (Å²) in [6.07, 6.45) is -0.970. The number of H-pyrrole nitrogens is 1. The van der Waals surface area contributed by atoms with E-state index in [0.29, 0.717) is 31.7 Å². The Kier molecular flexibility index (Phi) is 7.02. The summed E-state index contributed by atoms with van der Waals surface area (Å²) in [6.45, 7) is 2.54. The van der Waals surface area contributed by atoms with Gasteiger partial charge in [-0.15, -0.1) is 0 Å². The van der Waals surface area contributed by atoms with Gasteiger partial charge < -0.3 is 19.1 Å². The third kappa shape index (κ3) is 5.43. The highest BCUT2D eigenvalue weighted by molar-refractivity contribution is 5.82. The third-order valence-electron chi connectivity index (χ3n) is 5.78. The quantitative estimate of drug-likeness (QED) is 0.502. The molecule has 1 N–H and O–H groups in total. The van der Waals surface area contributed by atoms with Gasteiger partial charge in [-0.25, -0.2) is 10.1 Å². The van der Waals surface area contributed by atoms with E-state index in [-0.39, 0.29) is 37.6 Å². The molecule has 1 saturated heterocycles. The Labute approximate surface area is 197 Å². The number of nitrogens with one attached hydrogen (secondary N) is 1. The molecule has 0 aromatic carbocycles. The first-order chi connectivity index (χ1) is 16.8. The lowest BCUT2D eigenvalue weighted by molar-refractivity contribution is -0.136. The van der Waals surface area contributed by atoms with Gasteiger partial charge in [0.05, 0.1) is 47.9 Å². The number of halogens is 3. The van der Waals surface area contributed by atoms with Crippen molar-refractivity contribution in [1.29, 1.82) is 5.26 Å². The van der Waals surface area contributed by atoms with Crippen LogP contribution >= 0.6 is 0 Å². The zero-order valence-electron chi connectivity index (χ0n) is 18.6. The molecule has 4 rings (SSSR count). The van der Waals surface area contributed by atoms with Gasteiger partial charge in [0.15, 0.2) is 0 Å². The molecular weight excluding hydrogens is 467 g/mol. The summed E-state index contributed by atoms with van der Waals surface area (Å²) in [6, 6.07) is 5.51. The molecular formula is C22H22F3N7O3. The molecule has 1 amide bonds. The molecule has 35 heavy (non-hydrogen) atoms. The number of nitriles is 1. The highest BCUT2D eigenvalue weighted by atomic mass is 19.4. The molecule has 1 aliphatic heterocycles. The van der Waals surface area contributed by atoms with Gasteiger partial charge in [-0.1, -0.05) is 0 Å². The number of aromatic amines is 1. The molecule has 0 unspecified atom stereocenters. The molecule has 0 saturated carbocycles. The van der Waals surface area contributed by atoms with Gasteiger partial charge in [-0.05, 0) is 12.1 Å². The van der Waals surface area contributed by atoms with Gasteiger partial charge >= 0.3 is 6.18 Å². The lowest BCUT2D eigenvalue weighted by Gasteiger charge is -2.35. The van der Waals surface area contributed by atoms with E-state index in [1.807, 2.05) is 16.1 Å². The van der Waals surface area contributed by atoms with Crippen LogP contribution in [0.5, 0.6) is 0 Å². The normalized spacial score (nSPS) is 14.3. The first-order valence-electron chi connectivity index (χ1n) is 10.9. The third-order valence-corrected chi connectivity index (χ3v) is 5.78. The number of hydrogen-bond acceptors (Lipinski definition) is 7. The van der Waals surface area contributed by atoms with Crippen molar-refractivity contribution in [1.82, 2.24) is 24.6 Å². The number of aromatic nitrogens is 4. The van der Waals surface area contributed by atoms with E-state index in [0.717, 1.165) is 12.0 Å². The van der Waals surface area contributed by atoms with Crippen molar-refractivity contribution in [2.24, 2.45) is 0 Å². The Morgan fingerprint density at radius 2 is 1.94 bits per heavy atom. The first-order valence-corrected chi connectivity index (χ1v) is 10.9. The van der Waals surface area contributed by atoms with Crippen LogP contribution in [0.25, 0.3) is 10.9 Å². The minimum atomic E-state index is -4.68. The van der Waals surface area contributed by atoms with Crippen molar-refractivity contribution < 1.29 is 22.7 Å². The molecule has 10 nitrogen and oxygen atoms in total. The second-order valence-electron chi connectivity index (χ2n) is 7.94. The Bertz CT molecular complexity index is 1290. The number of fused-ring (bicyclic) bond motifs is 1. The summed E-state index contributed by atoms with van der Waals surface area (Å²) in [7, 11) is 0. The van der Waals surface area contributed by atoms with Gasteiger partial charge in [0.1, 0.15) is 11.9 Å². The lowest BCUT2D eigenvalue weighted by Crippen LogP contribution is -2.49. The molecule has 0 bridgehead atoms. The van der Waals surface area contributed by atoms with E-state index < -0.39 is 22.7 Å². The number of rotatable bonds is 7. The van der Waals surface area contributed by atoms with Crippen LogP contribution in [0.15, 0.2) is 35.5 Å². The number of carbonyl (C=O) groups is 1. The summed E-state index contributed by atoms with van der Waals surface area (Å²) in [4.78, 5) is 32.4. The van der Waals surface area contributed by atoms with Crippen LogP contribution in [0.4, 0.5) is 19.0 Å². The fraction of sp³-hybridized carbons (Fsp3) is 0.409. The average molecular weight is 489 g/mol. The van der Waals surface area contributed by atoms with Crippen LogP contribution in [0.2, 0.25) is 0 Å². The Balaban J connectivity index is 1.23. The molecule has 184 valence electrons. The van der Waals surface area contributed by atoms with Crippen molar-refractivity contribution in [3.05, 3.63) is 52.2 Å².